The van der Waals surface area contributed by atoms with Crippen molar-refractivity contribution in [3.05, 3.63) is 62.9 Å². The molecule has 2 rings (SSSR count). The summed E-state index contributed by atoms with van der Waals surface area (Å²) in [5.74, 6) is -0.0136. The summed E-state index contributed by atoms with van der Waals surface area (Å²) in [6, 6.07) is 10.4. The standard InChI is InChI=1S/C14H11BrFNO4/c15-10-2-1-3-12(8-10)20-6-7-21-14-5-4-11(16)9-13(14)17(18)19/h1-5,8-9H,6-7H2. The zero-order valence-corrected chi connectivity index (χ0v) is 12.4. The Kier molecular flexibility index (Phi) is 5.10. The van der Waals surface area contributed by atoms with Crippen LogP contribution in [0, 0.1) is 15.9 Å². The maximum absolute atomic E-state index is 13.0. The van der Waals surface area contributed by atoms with Gasteiger partial charge in [0.15, 0.2) is 5.75 Å². The number of hydrogen-bond donors (Lipinski definition) is 0. The highest BCUT2D eigenvalue weighted by Gasteiger charge is 2.16. The first kappa shape index (κ1) is 15.2. The van der Waals surface area contributed by atoms with E-state index in [1.807, 2.05) is 12.1 Å². The number of benzene rings is 2. The van der Waals surface area contributed by atoms with Crippen molar-refractivity contribution in [3.8, 4) is 11.5 Å². The fourth-order valence-corrected chi connectivity index (χ4v) is 2.00. The molecule has 0 atom stereocenters. The average Bonchev–Trinajstić information content (AvgIpc) is 2.44. The van der Waals surface area contributed by atoms with Crippen LogP contribution in [0.5, 0.6) is 11.5 Å². The normalized spacial score (nSPS) is 10.2. The molecule has 0 heterocycles. The monoisotopic (exact) mass is 355 g/mol. The van der Waals surface area contributed by atoms with Crippen LogP contribution >= 0.6 is 15.9 Å². The molecule has 0 spiro atoms. The van der Waals surface area contributed by atoms with Gasteiger partial charge in [-0.1, -0.05) is 22.0 Å². The third-order valence-electron chi connectivity index (χ3n) is 2.52. The van der Waals surface area contributed by atoms with Crippen molar-refractivity contribution in [2.75, 3.05) is 13.2 Å². The van der Waals surface area contributed by atoms with Crippen LogP contribution in [-0.4, -0.2) is 18.1 Å². The zero-order chi connectivity index (χ0) is 15.2. The number of hydrogen-bond acceptors (Lipinski definition) is 4. The molecule has 21 heavy (non-hydrogen) atoms. The number of nitro benzene ring substituents is 1. The largest absolute Gasteiger partial charge is 0.490 e. The molecule has 0 N–H and O–H groups in total. The summed E-state index contributed by atoms with van der Waals surface area (Å²) >= 11 is 3.32. The molecule has 7 heteroatoms. The SMILES string of the molecule is O=[N+]([O-])c1cc(F)ccc1OCCOc1cccc(Br)c1. The topological polar surface area (TPSA) is 61.6 Å². The van der Waals surface area contributed by atoms with E-state index in [-0.39, 0.29) is 19.0 Å². The highest BCUT2D eigenvalue weighted by molar-refractivity contribution is 9.10. The van der Waals surface area contributed by atoms with E-state index < -0.39 is 16.4 Å². The minimum Gasteiger partial charge on any atom is -0.490 e. The lowest BCUT2D eigenvalue weighted by atomic mass is 10.3. The first-order chi connectivity index (χ1) is 10.1. The third-order valence-corrected chi connectivity index (χ3v) is 3.02. The summed E-state index contributed by atoms with van der Waals surface area (Å²) in [6.45, 7) is 0.323. The van der Waals surface area contributed by atoms with Gasteiger partial charge in [0.25, 0.3) is 0 Å². The molecular weight excluding hydrogens is 345 g/mol. The maximum Gasteiger partial charge on any atom is 0.313 e. The van der Waals surface area contributed by atoms with E-state index in [9.17, 15) is 14.5 Å². The van der Waals surface area contributed by atoms with E-state index >= 15 is 0 Å². The molecule has 2 aromatic rings. The van der Waals surface area contributed by atoms with Crippen molar-refractivity contribution in [1.29, 1.82) is 0 Å². The molecule has 0 saturated heterocycles. The highest BCUT2D eigenvalue weighted by atomic mass is 79.9. The van der Waals surface area contributed by atoms with Gasteiger partial charge in [-0.3, -0.25) is 10.1 Å². The number of rotatable bonds is 6. The first-order valence-corrected chi connectivity index (χ1v) is 6.80. The van der Waals surface area contributed by atoms with Crippen LogP contribution < -0.4 is 9.47 Å². The molecular formula is C14H11BrFNO4. The number of nitro groups is 1. The van der Waals surface area contributed by atoms with Crippen LogP contribution in [0.3, 0.4) is 0 Å². The Morgan fingerprint density at radius 1 is 1.14 bits per heavy atom. The summed E-state index contributed by atoms with van der Waals surface area (Å²) in [7, 11) is 0. The summed E-state index contributed by atoms with van der Waals surface area (Å²) in [5.41, 5.74) is -0.405. The van der Waals surface area contributed by atoms with Gasteiger partial charge in [0.1, 0.15) is 24.8 Å². The van der Waals surface area contributed by atoms with Gasteiger partial charge in [-0.25, -0.2) is 4.39 Å². The van der Waals surface area contributed by atoms with E-state index in [1.165, 1.54) is 6.07 Å². The van der Waals surface area contributed by atoms with Gasteiger partial charge in [-0.05, 0) is 30.3 Å². The minimum atomic E-state index is -0.687. The molecule has 2 aromatic carbocycles. The van der Waals surface area contributed by atoms with Gasteiger partial charge in [0.2, 0.25) is 0 Å². The molecule has 0 aliphatic rings. The lowest BCUT2D eigenvalue weighted by molar-refractivity contribution is -0.386. The smallest absolute Gasteiger partial charge is 0.313 e. The predicted molar refractivity (Wildman–Crippen MR) is 78.2 cm³/mol. The van der Waals surface area contributed by atoms with Crippen LogP contribution in [0.25, 0.3) is 0 Å². The zero-order valence-electron chi connectivity index (χ0n) is 10.8. The Hall–Kier alpha value is -2.15. The molecule has 0 amide bonds. The van der Waals surface area contributed by atoms with Crippen molar-refractivity contribution in [2.45, 2.75) is 0 Å². The Bertz CT molecular complexity index is 651. The molecule has 0 unspecified atom stereocenters. The minimum absolute atomic E-state index is 0.0132. The Morgan fingerprint density at radius 2 is 1.90 bits per heavy atom. The van der Waals surface area contributed by atoms with Crippen molar-refractivity contribution in [3.63, 3.8) is 0 Å². The summed E-state index contributed by atoms with van der Waals surface area (Å²) < 4.78 is 24.5. The lowest BCUT2D eigenvalue weighted by Gasteiger charge is -2.09. The third kappa shape index (κ3) is 4.42. The van der Waals surface area contributed by atoms with Gasteiger partial charge in [0.05, 0.1) is 11.0 Å². The van der Waals surface area contributed by atoms with Gasteiger partial charge in [0, 0.05) is 4.47 Å². The molecule has 110 valence electrons. The fourth-order valence-electron chi connectivity index (χ4n) is 1.62. The van der Waals surface area contributed by atoms with Crippen LogP contribution in [0.2, 0.25) is 0 Å². The summed E-state index contributed by atoms with van der Waals surface area (Å²) in [6.07, 6.45) is 0. The fraction of sp³-hybridized carbons (Fsp3) is 0.143. The van der Waals surface area contributed by atoms with Gasteiger partial charge in [-0.2, -0.15) is 0 Å². The van der Waals surface area contributed by atoms with E-state index in [0.29, 0.717) is 5.75 Å². The predicted octanol–water partition coefficient (Wildman–Crippen LogP) is 3.95. The molecule has 0 saturated carbocycles. The van der Waals surface area contributed by atoms with E-state index in [2.05, 4.69) is 15.9 Å². The number of halogens is 2. The average molecular weight is 356 g/mol. The van der Waals surface area contributed by atoms with Gasteiger partial charge < -0.3 is 9.47 Å². The van der Waals surface area contributed by atoms with E-state index in [4.69, 9.17) is 9.47 Å². The van der Waals surface area contributed by atoms with Crippen molar-refractivity contribution < 1.29 is 18.8 Å². The van der Waals surface area contributed by atoms with Crippen molar-refractivity contribution >= 4 is 21.6 Å². The van der Waals surface area contributed by atoms with Gasteiger partial charge in [-0.15, -0.1) is 0 Å². The quantitative estimate of drug-likeness (QED) is 0.447. The molecule has 5 nitrogen and oxygen atoms in total. The Morgan fingerprint density at radius 3 is 2.62 bits per heavy atom. The Labute approximate surface area is 128 Å². The van der Waals surface area contributed by atoms with Crippen LogP contribution in [-0.2, 0) is 0 Å². The second-order valence-electron chi connectivity index (χ2n) is 4.02. The van der Waals surface area contributed by atoms with Gasteiger partial charge >= 0.3 is 5.69 Å². The van der Waals surface area contributed by atoms with E-state index in [1.54, 1.807) is 12.1 Å². The van der Waals surface area contributed by atoms with Crippen LogP contribution in [0.1, 0.15) is 0 Å². The molecule has 0 aliphatic heterocycles. The van der Waals surface area contributed by atoms with Crippen LogP contribution in [0.15, 0.2) is 46.9 Å². The number of ether oxygens (including phenoxy) is 2. The van der Waals surface area contributed by atoms with Crippen molar-refractivity contribution in [1.82, 2.24) is 0 Å². The lowest BCUT2D eigenvalue weighted by Crippen LogP contribution is -2.10. The molecule has 0 radical (unpaired) electrons. The van der Waals surface area contributed by atoms with Crippen molar-refractivity contribution in [2.24, 2.45) is 0 Å². The second-order valence-corrected chi connectivity index (χ2v) is 4.94. The highest BCUT2D eigenvalue weighted by Crippen LogP contribution is 2.27. The second kappa shape index (κ2) is 7.03. The first-order valence-electron chi connectivity index (χ1n) is 6.01. The molecule has 0 aromatic heterocycles. The molecule has 0 bridgehead atoms. The van der Waals surface area contributed by atoms with E-state index in [0.717, 1.165) is 16.6 Å². The Balaban J connectivity index is 1.90. The molecule has 0 aliphatic carbocycles. The summed E-state index contributed by atoms with van der Waals surface area (Å²) in [4.78, 5) is 10.1. The van der Waals surface area contributed by atoms with Crippen LogP contribution in [0.4, 0.5) is 10.1 Å². The summed E-state index contributed by atoms with van der Waals surface area (Å²) in [5, 5.41) is 10.8. The molecule has 0 fully saturated rings. The maximum atomic E-state index is 13.0. The number of nitrogens with zero attached hydrogens (tertiary/aromatic N) is 1.